The van der Waals surface area contributed by atoms with E-state index in [0.29, 0.717) is 12.6 Å². The molecule has 0 bridgehead atoms. The largest absolute Gasteiger partial charge is 0.381 e. The van der Waals surface area contributed by atoms with Gasteiger partial charge in [0.05, 0.1) is 35.4 Å². The molecule has 156 valence electrons. The standard InChI is InChI=1S/C22H31N5O2/c1-26(15-18-12-24-20-4-2-3-5-21(20)25-18)22(28)16-6-7-17(23)14-27(13-16)19-8-10-29-11-9-19/h2-5,12,16-17,19H,6-11,13-15,23H2,1H3/t16-,17+/m1/s1. The molecule has 3 heterocycles. The van der Waals surface area contributed by atoms with Crippen LogP contribution < -0.4 is 5.73 Å². The summed E-state index contributed by atoms with van der Waals surface area (Å²) in [5.74, 6) is 0.149. The van der Waals surface area contributed by atoms with Gasteiger partial charge in [-0.25, -0.2) is 4.98 Å². The molecular formula is C22H31N5O2. The predicted molar refractivity (Wildman–Crippen MR) is 112 cm³/mol. The molecule has 0 spiro atoms. The maximum atomic E-state index is 13.2. The summed E-state index contributed by atoms with van der Waals surface area (Å²) in [6.07, 6.45) is 5.54. The Bertz CT molecular complexity index is 839. The Kier molecular flexibility index (Phi) is 6.37. The number of rotatable bonds is 4. The number of likely N-dealkylation sites (tertiary alicyclic amines) is 1. The monoisotopic (exact) mass is 397 g/mol. The van der Waals surface area contributed by atoms with Crippen molar-refractivity contribution in [1.82, 2.24) is 19.8 Å². The Hall–Kier alpha value is -2.09. The number of nitrogens with zero attached hydrogens (tertiary/aromatic N) is 4. The fourth-order valence-electron chi connectivity index (χ4n) is 4.51. The molecule has 2 aliphatic heterocycles. The van der Waals surface area contributed by atoms with Crippen molar-refractivity contribution in [2.45, 2.75) is 44.3 Å². The van der Waals surface area contributed by atoms with Crippen LogP contribution in [-0.2, 0) is 16.1 Å². The number of carbonyl (C=O) groups is 1. The molecule has 1 amide bonds. The van der Waals surface area contributed by atoms with Crippen LogP contribution in [0.15, 0.2) is 30.5 Å². The Morgan fingerprint density at radius 1 is 1.17 bits per heavy atom. The minimum atomic E-state index is -0.0233. The summed E-state index contributed by atoms with van der Waals surface area (Å²) in [5.41, 5.74) is 8.87. The van der Waals surface area contributed by atoms with Gasteiger partial charge in [0.25, 0.3) is 0 Å². The number of hydrogen-bond donors (Lipinski definition) is 1. The third-order valence-electron chi connectivity index (χ3n) is 6.14. The van der Waals surface area contributed by atoms with Gasteiger partial charge in [0.15, 0.2) is 0 Å². The van der Waals surface area contributed by atoms with Crippen molar-refractivity contribution in [2.24, 2.45) is 11.7 Å². The van der Waals surface area contributed by atoms with E-state index < -0.39 is 0 Å². The Morgan fingerprint density at radius 2 is 1.93 bits per heavy atom. The van der Waals surface area contributed by atoms with Crippen molar-refractivity contribution in [3.05, 3.63) is 36.2 Å². The van der Waals surface area contributed by atoms with Crippen LogP contribution in [-0.4, -0.2) is 71.1 Å². The summed E-state index contributed by atoms with van der Waals surface area (Å²) < 4.78 is 5.51. The van der Waals surface area contributed by atoms with Crippen LogP contribution in [0.2, 0.25) is 0 Å². The van der Waals surface area contributed by atoms with Crippen molar-refractivity contribution in [2.75, 3.05) is 33.4 Å². The molecule has 2 aliphatic rings. The number of benzene rings is 1. The number of hydrogen-bond acceptors (Lipinski definition) is 6. The number of nitrogens with two attached hydrogens (primary N) is 1. The van der Waals surface area contributed by atoms with Crippen LogP contribution in [0.3, 0.4) is 0 Å². The summed E-state index contributed by atoms with van der Waals surface area (Å²) in [5, 5.41) is 0. The van der Waals surface area contributed by atoms with E-state index in [-0.39, 0.29) is 17.9 Å². The molecule has 7 heteroatoms. The molecule has 0 saturated carbocycles. The first kappa shape index (κ1) is 20.2. The van der Waals surface area contributed by atoms with Gasteiger partial charge < -0.3 is 15.4 Å². The van der Waals surface area contributed by atoms with E-state index in [1.54, 1.807) is 11.1 Å². The number of para-hydroxylation sites is 2. The summed E-state index contributed by atoms with van der Waals surface area (Å²) in [7, 11) is 1.86. The molecule has 2 atom stereocenters. The molecule has 29 heavy (non-hydrogen) atoms. The van der Waals surface area contributed by atoms with Gasteiger partial charge in [-0.05, 0) is 37.8 Å². The van der Waals surface area contributed by atoms with Gasteiger partial charge in [0.1, 0.15) is 0 Å². The quantitative estimate of drug-likeness (QED) is 0.847. The van der Waals surface area contributed by atoms with E-state index in [0.717, 1.165) is 68.7 Å². The van der Waals surface area contributed by atoms with Gasteiger partial charge in [-0.2, -0.15) is 0 Å². The molecule has 7 nitrogen and oxygen atoms in total. The van der Waals surface area contributed by atoms with Crippen molar-refractivity contribution in [3.63, 3.8) is 0 Å². The number of carbonyl (C=O) groups excluding carboxylic acids is 1. The Balaban J connectivity index is 1.43. The summed E-state index contributed by atoms with van der Waals surface area (Å²) >= 11 is 0. The summed E-state index contributed by atoms with van der Waals surface area (Å²) in [6, 6.07) is 8.40. The van der Waals surface area contributed by atoms with Gasteiger partial charge in [0.2, 0.25) is 5.91 Å². The van der Waals surface area contributed by atoms with Crippen LogP contribution in [0.5, 0.6) is 0 Å². The highest BCUT2D eigenvalue weighted by Gasteiger charge is 2.32. The second kappa shape index (κ2) is 9.15. The van der Waals surface area contributed by atoms with Crippen LogP contribution in [0.4, 0.5) is 0 Å². The molecule has 1 aromatic carbocycles. The fraction of sp³-hybridized carbons (Fsp3) is 0.591. The highest BCUT2D eigenvalue weighted by molar-refractivity contribution is 5.79. The third kappa shape index (κ3) is 4.91. The van der Waals surface area contributed by atoms with Crippen LogP contribution in [0.25, 0.3) is 11.0 Å². The Morgan fingerprint density at radius 3 is 2.72 bits per heavy atom. The lowest BCUT2D eigenvalue weighted by Crippen LogP contribution is -2.47. The molecule has 0 radical (unpaired) electrons. The number of fused-ring (bicyclic) bond motifs is 1. The fourth-order valence-corrected chi connectivity index (χ4v) is 4.51. The molecular weight excluding hydrogens is 366 g/mol. The first-order valence-electron chi connectivity index (χ1n) is 10.6. The number of amides is 1. The van der Waals surface area contributed by atoms with Crippen LogP contribution in [0, 0.1) is 5.92 Å². The topological polar surface area (TPSA) is 84.6 Å². The normalized spacial score (nSPS) is 24.3. The maximum absolute atomic E-state index is 13.2. The van der Waals surface area contributed by atoms with Crippen molar-refractivity contribution in [1.29, 1.82) is 0 Å². The van der Waals surface area contributed by atoms with Gasteiger partial charge in [-0.15, -0.1) is 0 Å². The lowest BCUT2D eigenvalue weighted by Gasteiger charge is -2.36. The SMILES string of the molecule is CN(Cc1cnc2ccccc2n1)C(=O)[C@@H]1CC[C@H](N)CN(C2CCOCC2)C1. The molecule has 1 aromatic heterocycles. The van der Waals surface area contributed by atoms with Crippen molar-refractivity contribution >= 4 is 16.9 Å². The second-order valence-electron chi connectivity index (χ2n) is 8.38. The van der Waals surface area contributed by atoms with Crippen molar-refractivity contribution in [3.8, 4) is 0 Å². The first-order valence-corrected chi connectivity index (χ1v) is 10.6. The van der Waals surface area contributed by atoms with Gasteiger partial charge in [0, 0.05) is 45.4 Å². The number of aromatic nitrogens is 2. The molecule has 0 unspecified atom stereocenters. The molecule has 2 saturated heterocycles. The van der Waals surface area contributed by atoms with Crippen LogP contribution >= 0.6 is 0 Å². The van der Waals surface area contributed by atoms with E-state index in [2.05, 4.69) is 14.9 Å². The van der Waals surface area contributed by atoms with E-state index in [9.17, 15) is 4.79 Å². The van der Waals surface area contributed by atoms with Crippen LogP contribution in [0.1, 0.15) is 31.4 Å². The molecule has 2 fully saturated rings. The van der Waals surface area contributed by atoms with Gasteiger partial charge in [-0.3, -0.25) is 14.7 Å². The van der Waals surface area contributed by atoms with Gasteiger partial charge in [-0.1, -0.05) is 12.1 Å². The molecule has 2 N–H and O–H groups in total. The first-order chi connectivity index (χ1) is 14.1. The smallest absolute Gasteiger partial charge is 0.227 e. The van der Waals surface area contributed by atoms with E-state index in [1.807, 2.05) is 31.3 Å². The average Bonchev–Trinajstić information content (AvgIpc) is 2.95. The maximum Gasteiger partial charge on any atom is 0.227 e. The van der Waals surface area contributed by atoms with E-state index in [1.165, 1.54) is 0 Å². The van der Waals surface area contributed by atoms with E-state index in [4.69, 9.17) is 10.5 Å². The predicted octanol–water partition coefficient (Wildman–Crippen LogP) is 1.81. The number of ether oxygens (including phenoxy) is 1. The summed E-state index contributed by atoms with van der Waals surface area (Å²) in [6.45, 7) is 3.72. The molecule has 4 rings (SSSR count). The average molecular weight is 398 g/mol. The zero-order chi connectivity index (χ0) is 20.2. The van der Waals surface area contributed by atoms with Crippen molar-refractivity contribution < 1.29 is 9.53 Å². The third-order valence-corrected chi connectivity index (χ3v) is 6.14. The zero-order valence-corrected chi connectivity index (χ0v) is 17.2. The summed E-state index contributed by atoms with van der Waals surface area (Å²) in [4.78, 5) is 26.6. The molecule has 0 aliphatic carbocycles. The minimum Gasteiger partial charge on any atom is -0.381 e. The Labute approximate surface area is 172 Å². The molecule has 2 aromatic rings. The van der Waals surface area contributed by atoms with Gasteiger partial charge >= 0.3 is 0 Å². The second-order valence-corrected chi connectivity index (χ2v) is 8.38. The highest BCUT2D eigenvalue weighted by Crippen LogP contribution is 2.24. The van der Waals surface area contributed by atoms with E-state index >= 15 is 0 Å². The lowest BCUT2D eigenvalue weighted by molar-refractivity contribution is -0.135. The zero-order valence-electron chi connectivity index (χ0n) is 17.2. The highest BCUT2D eigenvalue weighted by atomic mass is 16.5. The lowest BCUT2D eigenvalue weighted by atomic mass is 10.00. The minimum absolute atomic E-state index is 0.0233.